The van der Waals surface area contributed by atoms with Gasteiger partial charge in [-0.3, -0.25) is 0 Å². The molecule has 0 aliphatic rings. The van der Waals surface area contributed by atoms with Crippen molar-refractivity contribution in [1.29, 1.82) is 0 Å². The summed E-state index contributed by atoms with van der Waals surface area (Å²) in [4.78, 5) is 0. The van der Waals surface area contributed by atoms with Crippen LogP contribution < -0.4 is 0 Å². The number of halogens is 1. The van der Waals surface area contributed by atoms with E-state index in [1.54, 1.807) is 0 Å². The van der Waals surface area contributed by atoms with E-state index in [0.717, 1.165) is 10.6 Å². The highest BCUT2D eigenvalue weighted by atomic mass is 35.7. The van der Waals surface area contributed by atoms with Crippen molar-refractivity contribution in [3.05, 3.63) is 0 Å². The van der Waals surface area contributed by atoms with Crippen molar-refractivity contribution in [3.63, 3.8) is 0 Å². The van der Waals surface area contributed by atoms with Gasteiger partial charge in [0.15, 0.2) is 0 Å². The first-order valence-corrected chi connectivity index (χ1v) is 7.29. The van der Waals surface area contributed by atoms with Gasteiger partial charge >= 0.3 is 0 Å². The average molecular weight is 236 g/mol. The maximum absolute atomic E-state index is 10.6. The molecule has 5 nitrogen and oxygen atoms in total. The zero-order chi connectivity index (χ0) is 9.99. The second kappa shape index (κ2) is 3.91. The van der Waals surface area contributed by atoms with Crippen LogP contribution in [0.2, 0.25) is 0 Å². The quantitative estimate of drug-likeness (QED) is 0.613. The first kappa shape index (κ1) is 12.2. The third-order valence-corrected chi connectivity index (χ3v) is 3.71. The molecule has 0 aliphatic carbocycles. The Morgan fingerprint density at radius 3 is 1.92 bits per heavy atom. The molecule has 0 aliphatic heterocycles. The molecule has 12 heavy (non-hydrogen) atoms. The fourth-order valence-corrected chi connectivity index (χ4v) is 1.64. The Morgan fingerprint density at radius 1 is 1.25 bits per heavy atom. The van der Waals surface area contributed by atoms with Crippen molar-refractivity contribution in [2.24, 2.45) is 0 Å². The van der Waals surface area contributed by atoms with E-state index in [0.29, 0.717) is 0 Å². The average Bonchev–Trinajstić information content (AvgIpc) is 1.78. The molecule has 0 saturated heterocycles. The molecule has 0 unspecified atom stereocenters. The Balaban J connectivity index is 4.16. The predicted molar refractivity (Wildman–Crippen MR) is 47.1 cm³/mol. The molecule has 0 aromatic heterocycles. The second-order valence-corrected chi connectivity index (χ2v) is 7.27. The maximum atomic E-state index is 10.6. The van der Waals surface area contributed by atoms with Crippen molar-refractivity contribution in [2.45, 2.75) is 0 Å². The van der Waals surface area contributed by atoms with E-state index in [1.165, 1.54) is 7.05 Å². The third kappa shape index (κ3) is 5.76. The van der Waals surface area contributed by atoms with Crippen LogP contribution in [0.3, 0.4) is 0 Å². The van der Waals surface area contributed by atoms with Gasteiger partial charge in [0.25, 0.3) is 9.24 Å². The molecule has 0 saturated carbocycles. The molecule has 0 heterocycles. The molecule has 0 N–H and O–H groups in total. The lowest BCUT2D eigenvalue weighted by Crippen LogP contribution is -2.27. The minimum absolute atomic E-state index is 0.120. The smallest absolute Gasteiger partial charge is 0.229 e. The normalized spacial score (nSPS) is 13.7. The number of hydrogen-bond acceptors (Lipinski definition) is 4. The van der Waals surface area contributed by atoms with Gasteiger partial charge in [0.1, 0.15) is 9.84 Å². The van der Waals surface area contributed by atoms with Crippen LogP contribution >= 0.6 is 10.7 Å². The van der Waals surface area contributed by atoms with Gasteiger partial charge in [0, 0.05) is 30.5 Å². The molecule has 0 amide bonds. The van der Waals surface area contributed by atoms with Gasteiger partial charge < -0.3 is 0 Å². The molecular weight excluding hydrogens is 226 g/mol. The van der Waals surface area contributed by atoms with Gasteiger partial charge in [-0.05, 0) is 0 Å². The van der Waals surface area contributed by atoms with E-state index >= 15 is 0 Å². The van der Waals surface area contributed by atoms with Crippen LogP contribution in [0.5, 0.6) is 0 Å². The molecular formula is C4H10ClNO4S2. The molecule has 0 atom stereocenters. The van der Waals surface area contributed by atoms with Gasteiger partial charge in [-0.25, -0.2) is 8.42 Å². The molecule has 0 fully saturated rings. The lowest BCUT2D eigenvalue weighted by molar-refractivity contribution is 0.499. The minimum Gasteiger partial charge on any atom is -0.229 e. The highest BCUT2D eigenvalue weighted by Gasteiger charge is 2.15. The molecule has 74 valence electrons. The van der Waals surface area contributed by atoms with Gasteiger partial charge in [0.2, 0.25) is 0 Å². The molecule has 0 radical (unpaired) electrons. The largest absolute Gasteiger partial charge is 0.299 e. The molecule has 0 rings (SSSR count). The Labute approximate surface area is 76.8 Å². The highest BCUT2D eigenvalue weighted by molar-refractivity contribution is 8.11. The van der Waals surface area contributed by atoms with Crippen molar-refractivity contribution in [1.82, 2.24) is 4.31 Å². The number of hydrogen-bond donors (Lipinski definition) is 0. The first-order chi connectivity index (χ1) is 5.13. The Hall–Kier alpha value is 0.150. The summed E-state index contributed by atoms with van der Waals surface area (Å²) in [5, 5.41) is 0. The number of sulfone groups is 1. The molecule has 0 spiro atoms. The van der Waals surface area contributed by atoms with Crippen molar-refractivity contribution in [2.75, 3.05) is 25.6 Å². The number of rotatable bonds is 4. The van der Waals surface area contributed by atoms with Crippen LogP contribution in [0.4, 0.5) is 0 Å². The van der Waals surface area contributed by atoms with Crippen LogP contribution in [0.25, 0.3) is 0 Å². The van der Waals surface area contributed by atoms with Crippen LogP contribution in [0.1, 0.15) is 0 Å². The van der Waals surface area contributed by atoms with Crippen molar-refractivity contribution < 1.29 is 16.8 Å². The lowest BCUT2D eigenvalue weighted by Gasteiger charge is -2.10. The van der Waals surface area contributed by atoms with Crippen molar-refractivity contribution in [3.8, 4) is 0 Å². The van der Waals surface area contributed by atoms with Crippen LogP contribution in [0.15, 0.2) is 0 Å². The summed E-state index contributed by atoms with van der Waals surface area (Å²) in [5.74, 6) is -0.227. The molecule has 8 heteroatoms. The van der Waals surface area contributed by atoms with Crippen LogP contribution in [-0.4, -0.2) is 46.7 Å². The van der Waals surface area contributed by atoms with E-state index in [4.69, 9.17) is 10.7 Å². The Morgan fingerprint density at radius 2 is 1.67 bits per heavy atom. The summed E-state index contributed by atoms with van der Waals surface area (Å²) in [5.41, 5.74) is 0. The zero-order valence-corrected chi connectivity index (χ0v) is 9.08. The standard InChI is InChI=1S/C4H10ClNO4S2/c1-6(12(5,9)10)3-4-11(2,7)8/h3-4H2,1-2H3. The van der Waals surface area contributed by atoms with E-state index in [-0.39, 0.29) is 12.3 Å². The van der Waals surface area contributed by atoms with Gasteiger partial charge in [-0.1, -0.05) is 0 Å². The Bertz CT molecular complexity index is 332. The summed E-state index contributed by atoms with van der Waals surface area (Å²) in [6, 6.07) is 0. The monoisotopic (exact) mass is 235 g/mol. The fourth-order valence-electron chi connectivity index (χ4n) is 0.403. The minimum atomic E-state index is -3.78. The van der Waals surface area contributed by atoms with Crippen LogP contribution in [-0.2, 0) is 19.1 Å². The van der Waals surface area contributed by atoms with Crippen molar-refractivity contribution >= 4 is 29.8 Å². The second-order valence-electron chi connectivity index (χ2n) is 2.39. The summed E-state index contributed by atoms with van der Waals surface area (Å²) in [6.45, 7) is -0.120. The third-order valence-electron chi connectivity index (χ3n) is 1.15. The maximum Gasteiger partial charge on any atom is 0.299 e. The van der Waals surface area contributed by atoms with E-state index in [1.807, 2.05) is 0 Å². The summed E-state index contributed by atoms with van der Waals surface area (Å²) in [7, 11) is -0.797. The molecule has 0 aromatic rings. The lowest BCUT2D eigenvalue weighted by atomic mass is 10.8. The van der Waals surface area contributed by atoms with Gasteiger partial charge in [-0.2, -0.15) is 12.7 Å². The summed E-state index contributed by atoms with van der Waals surface area (Å²) in [6.07, 6.45) is 1.03. The molecule has 0 aromatic carbocycles. The fraction of sp³-hybridized carbons (Fsp3) is 1.00. The summed E-state index contributed by atoms with van der Waals surface area (Å²) < 4.78 is 43.1. The highest BCUT2D eigenvalue weighted by Crippen LogP contribution is 2.02. The van der Waals surface area contributed by atoms with Gasteiger partial charge in [0.05, 0.1) is 5.75 Å². The van der Waals surface area contributed by atoms with Crippen LogP contribution in [0, 0.1) is 0 Å². The number of nitrogens with zero attached hydrogens (tertiary/aromatic N) is 1. The zero-order valence-electron chi connectivity index (χ0n) is 6.69. The van der Waals surface area contributed by atoms with E-state index < -0.39 is 19.1 Å². The Kier molecular flexibility index (Phi) is 3.95. The topological polar surface area (TPSA) is 71.5 Å². The van der Waals surface area contributed by atoms with Gasteiger partial charge in [-0.15, -0.1) is 0 Å². The molecule has 0 bridgehead atoms. The SMILES string of the molecule is CN(CCS(C)(=O)=O)S(=O)(=O)Cl. The van der Waals surface area contributed by atoms with E-state index in [9.17, 15) is 16.8 Å². The first-order valence-electron chi connectivity index (χ1n) is 2.96. The van der Waals surface area contributed by atoms with E-state index in [2.05, 4.69) is 0 Å². The predicted octanol–water partition coefficient (Wildman–Crippen LogP) is -0.554. The summed E-state index contributed by atoms with van der Waals surface area (Å²) >= 11 is 0.